The average molecular weight is 557 g/mol. The lowest BCUT2D eigenvalue weighted by Crippen LogP contribution is -2.54. The zero-order chi connectivity index (χ0) is 27.9. The van der Waals surface area contributed by atoms with E-state index in [1.807, 2.05) is 6.07 Å². The van der Waals surface area contributed by atoms with Gasteiger partial charge in [0.25, 0.3) is 0 Å². The zero-order valence-corrected chi connectivity index (χ0v) is 22.0. The topological polar surface area (TPSA) is 154 Å². The van der Waals surface area contributed by atoms with E-state index in [2.05, 4.69) is 15.0 Å². The summed E-state index contributed by atoms with van der Waals surface area (Å²) in [6.07, 6.45) is 0.236. The average Bonchev–Trinajstić information content (AvgIpc) is 3.36. The quantitative estimate of drug-likeness (QED) is 0.287. The Morgan fingerprint density at radius 3 is 2.37 bits per heavy atom. The molecule has 11 nitrogen and oxygen atoms in total. The van der Waals surface area contributed by atoms with Crippen LogP contribution >= 0.6 is 0 Å². The molecule has 0 aromatic heterocycles. The number of hydrogen-bond donors (Lipinski definition) is 3. The smallest absolute Gasteiger partial charge is 0.317 e. The molecule has 0 unspecified atom stereocenters. The summed E-state index contributed by atoms with van der Waals surface area (Å²) in [5.41, 5.74) is 6.45. The number of carbonyl (C=O) groups is 3. The molecule has 0 aliphatic carbocycles. The molecule has 0 bridgehead atoms. The fraction of sp³-hybridized carbons (Fsp3) is 0.583. The number of hydrogen-bond acceptors (Lipinski definition) is 5. The normalized spacial score (nSPS) is 20.0. The van der Waals surface area contributed by atoms with Gasteiger partial charge in [-0.25, -0.2) is 13.1 Å². The predicted molar refractivity (Wildman–Crippen MR) is 137 cm³/mol. The lowest BCUT2D eigenvalue weighted by Gasteiger charge is -2.33. The van der Waals surface area contributed by atoms with Crippen molar-refractivity contribution in [3.63, 3.8) is 0 Å². The van der Waals surface area contributed by atoms with Crippen LogP contribution in [0.2, 0.25) is 0 Å². The third kappa shape index (κ3) is 8.45. The molecule has 210 valence electrons. The Balaban J connectivity index is 1.55. The number of rotatable bonds is 9. The van der Waals surface area contributed by atoms with Crippen LogP contribution in [0.15, 0.2) is 35.3 Å². The van der Waals surface area contributed by atoms with Crippen LogP contribution in [0.4, 0.5) is 8.78 Å². The number of nitrogens with two attached hydrogens (primary N) is 1. The Morgan fingerprint density at radius 2 is 1.76 bits per heavy atom. The molecule has 3 rings (SSSR count). The molecular formula is C24H34F2N6O5S. The summed E-state index contributed by atoms with van der Waals surface area (Å²) in [7, 11) is -3.68. The summed E-state index contributed by atoms with van der Waals surface area (Å²) in [5.74, 6) is -2.48. The van der Waals surface area contributed by atoms with Crippen LogP contribution in [-0.4, -0.2) is 92.8 Å². The Labute approximate surface area is 220 Å². The van der Waals surface area contributed by atoms with E-state index in [-0.39, 0.29) is 24.2 Å². The number of nitrogens with one attached hydrogen (secondary N) is 2. The molecule has 2 aliphatic heterocycles. The van der Waals surface area contributed by atoms with Crippen molar-refractivity contribution in [1.29, 1.82) is 0 Å². The molecule has 2 aliphatic rings. The van der Waals surface area contributed by atoms with Gasteiger partial charge >= 0.3 is 12.3 Å². The van der Waals surface area contributed by atoms with Gasteiger partial charge in [-0.3, -0.25) is 14.4 Å². The van der Waals surface area contributed by atoms with Gasteiger partial charge in [0.2, 0.25) is 21.8 Å². The highest BCUT2D eigenvalue weighted by molar-refractivity contribution is 7.88. The fourth-order valence-electron chi connectivity index (χ4n) is 4.75. The highest BCUT2D eigenvalue weighted by Crippen LogP contribution is 2.21. The largest absolute Gasteiger partial charge is 0.369 e. The lowest BCUT2D eigenvalue weighted by atomic mass is 9.97. The van der Waals surface area contributed by atoms with E-state index in [4.69, 9.17) is 5.73 Å². The van der Waals surface area contributed by atoms with E-state index in [0.717, 1.165) is 11.8 Å². The molecule has 14 heteroatoms. The Kier molecular flexibility index (Phi) is 10.1. The summed E-state index contributed by atoms with van der Waals surface area (Å²) in [6.45, 7) is 1.51. The van der Waals surface area contributed by atoms with Crippen LogP contribution in [0.5, 0.6) is 0 Å². The summed E-state index contributed by atoms with van der Waals surface area (Å²) < 4.78 is 51.1. The molecule has 3 amide bonds. The number of alkyl halides is 2. The molecular weight excluding hydrogens is 522 g/mol. The summed E-state index contributed by atoms with van der Waals surface area (Å²) in [4.78, 5) is 43.7. The molecule has 2 fully saturated rings. The minimum absolute atomic E-state index is 0.0945. The van der Waals surface area contributed by atoms with E-state index in [0.29, 0.717) is 51.9 Å². The van der Waals surface area contributed by atoms with Gasteiger partial charge in [0.1, 0.15) is 12.1 Å². The van der Waals surface area contributed by atoms with Crippen molar-refractivity contribution in [2.24, 2.45) is 16.6 Å². The molecule has 4 N–H and O–H groups in total. The molecule has 38 heavy (non-hydrogen) atoms. The number of guanidine groups is 1. The van der Waals surface area contributed by atoms with Gasteiger partial charge in [0.15, 0.2) is 5.96 Å². The fourth-order valence-corrected chi connectivity index (χ4v) is 5.45. The maximum Gasteiger partial charge on any atom is 0.317 e. The van der Waals surface area contributed by atoms with Crippen LogP contribution in [0.25, 0.3) is 0 Å². The standard InChI is InChI=1S/C24H34F2N6O5S/c1-38(36,37)30-18(14-16-6-3-2-4-7-16)23(35)32-11-5-8-19(32)21(33)28-15-17-9-12-31(13-10-17)24(27)29-22(34)20(25)26/h2-4,6-7,17-20,30H,5,8-15H2,1H3,(H,28,33)(H2,27,29,34)/t18-,19+/m1/s1. The minimum Gasteiger partial charge on any atom is -0.369 e. The second kappa shape index (κ2) is 13.1. The van der Waals surface area contributed by atoms with Gasteiger partial charge in [0, 0.05) is 26.2 Å². The summed E-state index contributed by atoms with van der Waals surface area (Å²) in [5, 5.41) is 2.90. The van der Waals surface area contributed by atoms with Crippen molar-refractivity contribution in [3.8, 4) is 0 Å². The second-order valence-electron chi connectivity index (χ2n) is 9.61. The van der Waals surface area contributed by atoms with E-state index in [1.54, 1.807) is 29.2 Å². The van der Waals surface area contributed by atoms with Gasteiger partial charge in [-0.05, 0) is 43.6 Å². The van der Waals surface area contributed by atoms with E-state index < -0.39 is 40.3 Å². The number of aliphatic imine (C=N–C) groups is 1. The number of carbonyl (C=O) groups excluding carboxylic acids is 3. The number of nitrogens with zero attached hydrogens (tertiary/aromatic N) is 3. The van der Waals surface area contributed by atoms with E-state index in [9.17, 15) is 31.6 Å². The van der Waals surface area contributed by atoms with Gasteiger partial charge in [-0.1, -0.05) is 30.3 Å². The molecule has 0 radical (unpaired) electrons. The van der Waals surface area contributed by atoms with Gasteiger partial charge < -0.3 is 20.9 Å². The van der Waals surface area contributed by atoms with Gasteiger partial charge in [0.05, 0.1) is 6.26 Å². The molecule has 0 spiro atoms. The summed E-state index contributed by atoms with van der Waals surface area (Å²) >= 11 is 0. The Bertz CT molecular complexity index is 1130. The number of likely N-dealkylation sites (tertiary alicyclic amines) is 2. The van der Waals surface area contributed by atoms with E-state index in [1.165, 1.54) is 4.90 Å². The third-order valence-corrected chi connectivity index (χ3v) is 7.40. The number of piperidine rings is 1. The monoisotopic (exact) mass is 556 g/mol. The maximum atomic E-state index is 13.4. The maximum absolute atomic E-state index is 13.4. The predicted octanol–water partition coefficient (Wildman–Crippen LogP) is 0.0725. The van der Waals surface area contributed by atoms with E-state index >= 15 is 0 Å². The molecule has 2 atom stereocenters. The third-order valence-electron chi connectivity index (χ3n) is 6.69. The minimum atomic E-state index is -3.68. The van der Waals surface area contributed by atoms with Crippen LogP contribution in [-0.2, 0) is 30.8 Å². The molecule has 0 saturated carbocycles. The van der Waals surface area contributed by atoms with Gasteiger partial charge in [-0.2, -0.15) is 13.8 Å². The van der Waals surface area contributed by atoms with Crippen molar-refractivity contribution in [3.05, 3.63) is 35.9 Å². The highest BCUT2D eigenvalue weighted by Gasteiger charge is 2.38. The molecule has 2 saturated heterocycles. The van der Waals surface area contributed by atoms with Crippen LogP contribution < -0.4 is 15.8 Å². The van der Waals surface area contributed by atoms with Crippen LogP contribution in [0.3, 0.4) is 0 Å². The van der Waals surface area contributed by atoms with Gasteiger partial charge in [-0.15, -0.1) is 0 Å². The van der Waals surface area contributed by atoms with Crippen molar-refractivity contribution < 1.29 is 31.6 Å². The molecule has 1 aromatic carbocycles. The summed E-state index contributed by atoms with van der Waals surface area (Å²) in [6, 6.07) is 7.31. The van der Waals surface area contributed by atoms with Crippen LogP contribution in [0.1, 0.15) is 31.2 Å². The number of amides is 3. The zero-order valence-electron chi connectivity index (χ0n) is 21.2. The Morgan fingerprint density at radius 1 is 1.11 bits per heavy atom. The Hall–Kier alpha value is -3.13. The van der Waals surface area contributed by atoms with Crippen molar-refractivity contribution in [2.75, 3.05) is 32.4 Å². The molecule has 1 aromatic rings. The first-order valence-electron chi connectivity index (χ1n) is 12.4. The lowest BCUT2D eigenvalue weighted by molar-refractivity contribution is -0.139. The SMILES string of the molecule is CS(=O)(=O)N[C@H](Cc1ccccc1)C(=O)N1CCC[C@H]1C(=O)NCC1CCN(C(N)=NC(=O)C(F)F)CC1. The number of halogens is 2. The first-order chi connectivity index (χ1) is 17.9. The van der Waals surface area contributed by atoms with Crippen molar-refractivity contribution in [1.82, 2.24) is 19.8 Å². The first-order valence-corrected chi connectivity index (χ1v) is 14.3. The number of sulfonamides is 1. The van der Waals surface area contributed by atoms with Crippen molar-refractivity contribution >= 4 is 33.7 Å². The van der Waals surface area contributed by atoms with Crippen molar-refractivity contribution in [2.45, 2.75) is 50.6 Å². The highest BCUT2D eigenvalue weighted by atomic mass is 32.2. The number of benzene rings is 1. The first kappa shape index (κ1) is 29.4. The van der Waals surface area contributed by atoms with Crippen LogP contribution in [0, 0.1) is 5.92 Å². The molecule has 2 heterocycles. The second-order valence-corrected chi connectivity index (χ2v) is 11.4.